The summed E-state index contributed by atoms with van der Waals surface area (Å²) in [6.07, 6.45) is 0.839. The lowest BCUT2D eigenvalue weighted by Gasteiger charge is -2.25. The van der Waals surface area contributed by atoms with Crippen LogP contribution in [0.5, 0.6) is 0 Å². The maximum Gasteiger partial charge on any atom is 0.334 e. The van der Waals surface area contributed by atoms with Crippen LogP contribution in [-0.2, 0) is 8.85 Å². The van der Waals surface area contributed by atoms with Crippen LogP contribution < -0.4 is 11.1 Å². The summed E-state index contributed by atoms with van der Waals surface area (Å²) in [7, 11) is -2.01. The van der Waals surface area contributed by atoms with Gasteiger partial charge in [0.05, 0.1) is 0 Å². The number of carbonyl (C=O) groups is 1. The highest BCUT2D eigenvalue weighted by molar-refractivity contribution is 6.66. The zero-order chi connectivity index (χ0) is 11.7. The molecule has 0 fully saturated rings. The molecule has 6 heteroatoms. The molecular formula is C9H22N2O3Si. The van der Waals surface area contributed by atoms with Crippen LogP contribution in [-0.4, -0.2) is 34.4 Å². The standard InChI is InChI=1S/C9H22N2O3Si/c1-4-13-15(3,14-5-2)8-6-7-11-9(10)12/h4-8H2,1-3H3,(H3,10,11,12). The summed E-state index contributed by atoms with van der Waals surface area (Å²) in [4.78, 5) is 10.4. The second kappa shape index (κ2) is 7.67. The predicted molar refractivity (Wildman–Crippen MR) is 61.9 cm³/mol. The molecule has 0 saturated heterocycles. The third-order valence-corrected chi connectivity index (χ3v) is 5.07. The van der Waals surface area contributed by atoms with Gasteiger partial charge in [0.2, 0.25) is 0 Å². The first-order valence-corrected chi connectivity index (χ1v) is 7.87. The third kappa shape index (κ3) is 7.35. The molecule has 0 rings (SSSR count). The average molecular weight is 234 g/mol. The van der Waals surface area contributed by atoms with E-state index in [1.807, 2.05) is 20.4 Å². The largest absolute Gasteiger partial charge is 0.395 e. The van der Waals surface area contributed by atoms with Crippen molar-refractivity contribution in [3.05, 3.63) is 0 Å². The second-order valence-corrected chi connectivity index (χ2v) is 6.74. The Morgan fingerprint density at radius 1 is 1.33 bits per heavy atom. The van der Waals surface area contributed by atoms with E-state index >= 15 is 0 Å². The minimum Gasteiger partial charge on any atom is -0.395 e. The van der Waals surface area contributed by atoms with Gasteiger partial charge in [0, 0.05) is 19.8 Å². The number of nitrogens with two attached hydrogens (primary N) is 1. The predicted octanol–water partition coefficient (Wildman–Crippen LogP) is 1.19. The molecule has 0 heterocycles. The number of carbonyl (C=O) groups excluding carboxylic acids is 1. The number of rotatable bonds is 8. The van der Waals surface area contributed by atoms with Crippen LogP contribution in [0.1, 0.15) is 20.3 Å². The van der Waals surface area contributed by atoms with Gasteiger partial charge in [0.15, 0.2) is 0 Å². The number of hydrogen-bond donors (Lipinski definition) is 2. The van der Waals surface area contributed by atoms with Crippen LogP contribution in [0.25, 0.3) is 0 Å². The lowest BCUT2D eigenvalue weighted by atomic mass is 10.5. The van der Waals surface area contributed by atoms with Crippen LogP contribution in [0.2, 0.25) is 12.6 Å². The van der Waals surface area contributed by atoms with Crippen LogP contribution in [0, 0.1) is 0 Å². The van der Waals surface area contributed by atoms with Gasteiger partial charge in [-0.25, -0.2) is 4.79 Å². The van der Waals surface area contributed by atoms with E-state index in [-0.39, 0.29) is 0 Å². The number of hydrogen-bond acceptors (Lipinski definition) is 3. The fraction of sp³-hybridized carbons (Fsp3) is 0.889. The summed E-state index contributed by atoms with van der Waals surface area (Å²) >= 11 is 0. The van der Waals surface area contributed by atoms with Gasteiger partial charge in [0.1, 0.15) is 0 Å². The molecule has 3 N–H and O–H groups in total. The van der Waals surface area contributed by atoms with Crippen LogP contribution in [0.15, 0.2) is 0 Å². The smallest absolute Gasteiger partial charge is 0.334 e. The van der Waals surface area contributed by atoms with Gasteiger partial charge in [-0.15, -0.1) is 0 Å². The highest BCUT2D eigenvalue weighted by Gasteiger charge is 2.29. The van der Waals surface area contributed by atoms with Gasteiger partial charge < -0.3 is 19.9 Å². The molecule has 15 heavy (non-hydrogen) atoms. The van der Waals surface area contributed by atoms with E-state index in [4.69, 9.17) is 14.6 Å². The third-order valence-electron chi connectivity index (χ3n) is 2.01. The van der Waals surface area contributed by atoms with Crippen molar-refractivity contribution in [1.29, 1.82) is 0 Å². The Hall–Kier alpha value is -0.593. The molecular weight excluding hydrogens is 212 g/mol. The Labute approximate surface area is 92.6 Å². The summed E-state index contributed by atoms with van der Waals surface area (Å²) in [5, 5.41) is 2.55. The highest BCUT2D eigenvalue weighted by atomic mass is 28.4. The molecule has 0 aromatic rings. The molecule has 0 aliphatic carbocycles. The minimum absolute atomic E-state index is 0.480. The Balaban J connectivity index is 3.79. The molecule has 0 unspecified atom stereocenters. The SMILES string of the molecule is CCO[Si](C)(CCCNC(N)=O)OCC. The average Bonchev–Trinajstić information content (AvgIpc) is 2.13. The van der Waals surface area contributed by atoms with Gasteiger partial charge in [0.25, 0.3) is 0 Å². The van der Waals surface area contributed by atoms with Gasteiger partial charge in [-0.1, -0.05) is 0 Å². The van der Waals surface area contributed by atoms with Crippen LogP contribution in [0.4, 0.5) is 4.79 Å². The van der Waals surface area contributed by atoms with Crippen LogP contribution in [0.3, 0.4) is 0 Å². The quantitative estimate of drug-likeness (QED) is 0.489. The summed E-state index contributed by atoms with van der Waals surface area (Å²) in [5.41, 5.74) is 4.96. The van der Waals surface area contributed by atoms with Crippen molar-refractivity contribution in [2.24, 2.45) is 5.73 Å². The maximum absolute atomic E-state index is 10.4. The maximum atomic E-state index is 10.4. The highest BCUT2D eigenvalue weighted by Crippen LogP contribution is 2.15. The Kier molecular flexibility index (Phi) is 7.36. The summed E-state index contributed by atoms with van der Waals surface area (Å²) in [6, 6.07) is 0.390. The molecule has 0 atom stereocenters. The number of amides is 2. The van der Waals surface area contributed by atoms with E-state index in [1.54, 1.807) is 0 Å². The number of nitrogens with one attached hydrogen (secondary N) is 1. The van der Waals surface area contributed by atoms with Crippen molar-refractivity contribution in [2.45, 2.75) is 32.9 Å². The van der Waals surface area contributed by atoms with Crippen molar-refractivity contribution in [2.75, 3.05) is 19.8 Å². The van der Waals surface area contributed by atoms with Gasteiger partial charge >= 0.3 is 14.6 Å². The summed E-state index contributed by atoms with van der Waals surface area (Å²) in [5.74, 6) is 0. The molecule has 0 aliphatic rings. The molecule has 0 aromatic carbocycles. The summed E-state index contributed by atoms with van der Waals surface area (Å²) < 4.78 is 11.3. The van der Waals surface area contributed by atoms with E-state index in [1.165, 1.54) is 0 Å². The van der Waals surface area contributed by atoms with E-state index in [0.717, 1.165) is 12.5 Å². The zero-order valence-electron chi connectivity index (χ0n) is 9.84. The molecule has 2 amide bonds. The molecule has 0 aliphatic heterocycles. The van der Waals surface area contributed by atoms with E-state index < -0.39 is 14.6 Å². The number of primary amides is 1. The van der Waals surface area contributed by atoms with E-state index in [9.17, 15) is 4.79 Å². The molecule has 0 bridgehead atoms. The van der Waals surface area contributed by atoms with E-state index in [2.05, 4.69) is 5.32 Å². The zero-order valence-corrected chi connectivity index (χ0v) is 10.8. The van der Waals surface area contributed by atoms with E-state index in [0.29, 0.717) is 19.8 Å². The molecule has 0 aromatic heterocycles. The first-order chi connectivity index (χ1) is 7.04. The fourth-order valence-corrected chi connectivity index (χ4v) is 3.83. The first-order valence-electron chi connectivity index (χ1n) is 5.35. The molecule has 5 nitrogen and oxygen atoms in total. The van der Waals surface area contributed by atoms with Crippen molar-refractivity contribution >= 4 is 14.6 Å². The van der Waals surface area contributed by atoms with Gasteiger partial charge in [-0.05, 0) is 32.9 Å². The normalized spacial score (nSPS) is 11.4. The molecule has 0 saturated carbocycles. The van der Waals surface area contributed by atoms with Crippen molar-refractivity contribution in [3.8, 4) is 0 Å². The fourth-order valence-electron chi connectivity index (χ4n) is 1.42. The lowest BCUT2D eigenvalue weighted by Crippen LogP contribution is -2.40. The van der Waals surface area contributed by atoms with Gasteiger partial charge in [-0.3, -0.25) is 0 Å². The van der Waals surface area contributed by atoms with Crippen molar-refractivity contribution in [1.82, 2.24) is 5.32 Å². The molecule has 0 spiro atoms. The summed E-state index contributed by atoms with van der Waals surface area (Å²) in [6.45, 7) is 7.90. The topological polar surface area (TPSA) is 73.6 Å². The van der Waals surface area contributed by atoms with Crippen molar-refractivity contribution < 1.29 is 13.6 Å². The first kappa shape index (κ1) is 14.4. The Morgan fingerprint density at radius 3 is 2.27 bits per heavy atom. The Morgan fingerprint density at radius 2 is 1.87 bits per heavy atom. The molecule has 0 radical (unpaired) electrons. The van der Waals surface area contributed by atoms with Crippen LogP contribution >= 0.6 is 0 Å². The minimum atomic E-state index is -2.01. The monoisotopic (exact) mass is 234 g/mol. The Bertz CT molecular complexity index is 184. The lowest BCUT2D eigenvalue weighted by molar-refractivity contribution is 0.188. The van der Waals surface area contributed by atoms with Crippen molar-refractivity contribution in [3.63, 3.8) is 0 Å². The van der Waals surface area contributed by atoms with Gasteiger partial charge in [-0.2, -0.15) is 0 Å². The second-order valence-electron chi connectivity index (χ2n) is 3.39. The molecule has 90 valence electrons. The number of urea groups is 1.